The average molecular weight is 351 g/mol. The van der Waals surface area contributed by atoms with Crippen molar-refractivity contribution in [2.45, 2.75) is 26.8 Å². The number of pyridine rings is 1. The predicted molar refractivity (Wildman–Crippen MR) is 101 cm³/mol. The van der Waals surface area contributed by atoms with E-state index in [4.69, 9.17) is 0 Å². The maximum absolute atomic E-state index is 13.1. The lowest BCUT2D eigenvalue weighted by molar-refractivity contribution is 0.0744. The molecule has 0 saturated carbocycles. The molecule has 0 unspecified atom stereocenters. The minimum atomic E-state index is 0.0437. The number of hydrogen-bond acceptors (Lipinski definition) is 4. The van der Waals surface area contributed by atoms with Crippen molar-refractivity contribution in [3.63, 3.8) is 0 Å². The normalized spacial score (nSPS) is 10.6. The first-order valence-electron chi connectivity index (χ1n) is 8.26. The van der Waals surface area contributed by atoms with Gasteiger partial charge in [-0.15, -0.1) is 11.3 Å². The Labute approximate surface area is 152 Å². The van der Waals surface area contributed by atoms with Crippen LogP contribution in [0.3, 0.4) is 0 Å². The highest BCUT2D eigenvalue weighted by Gasteiger charge is 2.17. The molecule has 0 fully saturated rings. The molecule has 0 atom stereocenters. The smallest absolute Gasteiger partial charge is 0.254 e. The summed E-state index contributed by atoms with van der Waals surface area (Å²) >= 11 is 1.58. The number of thiazole rings is 1. The number of carbonyl (C=O) groups is 1. The molecule has 0 aliphatic heterocycles. The Morgan fingerprint density at radius 3 is 2.76 bits per heavy atom. The largest absolute Gasteiger partial charge is 0.334 e. The Morgan fingerprint density at radius 1 is 1.20 bits per heavy atom. The van der Waals surface area contributed by atoms with Gasteiger partial charge in [-0.1, -0.05) is 12.1 Å². The third kappa shape index (κ3) is 4.51. The molecule has 1 amide bonds. The van der Waals surface area contributed by atoms with E-state index in [1.54, 1.807) is 17.5 Å². The number of hydrogen-bond donors (Lipinski definition) is 0. The van der Waals surface area contributed by atoms with Crippen LogP contribution < -0.4 is 0 Å². The Bertz CT molecular complexity index is 831. The summed E-state index contributed by atoms with van der Waals surface area (Å²) in [5, 5.41) is 2.03. The van der Waals surface area contributed by atoms with Crippen LogP contribution in [-0.2, 0) is 13.0 Å². The number of nitrogens with zero attached hydrogens (tertiary/aromatic N) is 3. The molecule has 4 nitrogen and oxygen atoms in total. The van der Waals surface area contributed by atoms with Gasteiger partial charge in [-0.25, -0.2) is 4.98 Å². The van der Waals surface area contributed by atoms with Crippen molar-refractivity contribution in [3.05, 3.63) is 81.6 Å². The number of aryl methyl sites for hydroxylation is 2. The lowest BCUT2D eigenvalue weighted by Gasteiger charge is -2.23. The predicted octanol–water partition coefficient (Wildman–Crippen LogP) is 4.04. The topological polar surface area (TPSA) is 46.1 Å². The van der Waals surface area contributed by atoms with Gasteiger partial charge in [0.1, 0.15) is 0 Å². The summed E-state index contributed by atoms with van der Waals surface area (Å²) < 4.78 is 0. The number of rotatable bonds is 6. The van der Waals surface area contributed by atoms with Gasteiger partial charge in [0.2, 0.25) is 0 Å². The van der Waals surface area contributed by atoms with Crippen LogP contribution in [0.25, 0.3) is 0 Å². The summed E-state index contributed by atoms with van der Waals surface area (Å²) in [5.74, 6) is 0.0437. The monoisotopic (exact) mass is 351 g/mol. The second kappa shape index (κ2) is 8.03. The van der Waals surface area contributed by atoms with Gasteiger partial charge >= 0.3 is 0 Å². The molecule has 0 aliphatic rings. The number of carbonyl (C=O) groups excluding carboxylic acids is 1. The molecule has 0 radical (unpaired) electrons. The van der Waals surface area contributed by atoms with Crippen LogP contribution in [0.2, 0.25) is 0 Å². The molecular formula is C20H21N3OS. The Hall–Kier alpha value is -2.53. The molecule has 5 heteroatoms. The number of aromatic nitrogens is 2. The Balaban J connectivity index is 1.80. The molecule has 3 aromatic rings. The first-order chi connectivity index (χ1) is 12.1. The molecule has 1 aromatic carbocycles. The second-order valence-corrected chi connectivity index (χ2v) is 6.84. The van der Waals surface area contributed by atoms with Crippen molar-refractivity contribution < 1.29 is 4.79 Å². The highest BCUT2D eigenvalue weighted by Crippen LogP contribution is 2.15. The van der Waals surface area contributed by atoms with Gasteiger partial charge in [0.05, 0.1) is 11.2 Å². The summed E-state index contributed by atoms with van der Waals surface area (Å²) in [6.45, 7) is 5.26. The zero-order valence-electron chi connectivity index (χ0n) is 14.5. The molecule has 0 bridgehead atoms. The van der Waals surface area contributed by atoms with E-state index >= 15 is 0 Å². The lowest BCUT2D eigenvalue weighted by Crippen LogP contribution is -2.32. The van der Waals surface area contributed by atoms with Crippen LogP contribution in [0.1, 0.15) is 32.7 Å². The highest BCUT2D eigenvalue weighted by atomic mass is 32.1. The quantitative estimate of drug-likeness (QED) is 0.673. The van der Waals surface area contributed by atoms with Crippen LogP contribution in [-0.4, -0.2) is 27.3 Å². The van der Waals surface area contributed by atoms with Gasteiger partial charge in [0, 0.05) is 42.8 Å². The van der Waals surface area contributed by atoms with Gasteiger partial charge < -0.3 is 4.90 Å². The van der Waals surface area contributed by atoms with Crippen LogP contribution >= 0.6 is 11.3 Å². The van der Waals surface area contributed by atoms with Crippen molar-refractivity contribution in [2.24, 2.45) is 0 Å². The average Bonchev–Trinajstić information content (AvgIpc) is 3.15. The van der Waals surface area contributed by atoms with E-state index < -0.39 is 0 Å². The van der Waals surface area contributed by atoms with Crippen molar-refractivity contribution in [3.8, 4) is 0 Å². The minimum Gasteiger partial charge on any atom is -0.334 e. The second-order valence-electron chi connectivity index (χ2n) is 6.12. The number of amides is 1. The molecule has 0 N–H and O–H groups in total. The standard InChI is InChI=1S/C20H21N3OS/c1-15-5-6-18(10-16(15)2)20(24)23(9-7-19-13-25-14-22-19)12-17-4-3-8-21-11-17/h3-6,8,10-11,13-14H,7,9,12H2,1-2H3. The molecule has 25 heavy (non-hydrogen) atoms. The molecule has 0 saturated heterocycles. The molecule has 128 valence electrons. The molecule has 2 aromatic heterocycles. The van der Waals surface area contributed by atoms with E-state index in [1.807, 2.05) is 59.2 Å². The van der Waals surface area contributed by atoms with Gasteiger partial charge in [0.25, 0.3) is 5.91 Å². The van der Waals surface area contributed by atoms with Crippen molar-refractivity contribution in [1.82, 2.24) is 14.9 Å². The minimum absolute atomic E-state index is 0.0437. The molecular weight excluding hydrogens is 330 g/mol. The molecule has 3 rings (SSSR count). The van der Waals surface area contributed by atoms with Crippen LogP contribution in [0.15, 0.2) is 53.6 Å². The van der Waals surface area contributed by atoms with Gasteiger partial charge in [0.15, 0.2) is 0 Å². The third-order valence-corrected chi connectivity index (χ3v) is 4.89. The van der Waals surface area contributed by atoms with Crippen LogP contribution in [0.4, 0.5) is 0 Å². The van der Waals surface area contributed by atoms with Crippen molar-refractivity contribution in [2.75, 3.05) is 6.54 Å². The zero-order valence-corrected chi connectivity index (χ0v) is 15.3. The maximum Gasteiger partial charge on any atom is 0.254 e. The van der Waals surface area contributed by atoms with Gasteiger partial charge in [-0.3, -0.25) is 9.78 Å². The zero-order chi connectivity index (χ0) is 17.6. The van der Waals surface area contributed by atoms with Crippen LogP contribution in [0.5, 0.6) is 0 Å². The van der Waals surface area contributed by atoms with Crippen LogP contribution in [0, 0.1) is 13.8 Å². The van der Waals surface area contributed by atoms with Crippen molar-refractivity contribution >= 4 is 17.2 Å². The fourth-order valence-corrected chi connectivity index (χ4v) is 3.22. The van der Waals surface area contributed by atoms with E-state index in [-0.39, 0.29) is 5.91 Å². The summed E-state index contributed by atoms with van der Waals surface area (Å²) in [7, 11) is 0. The summed E-state index contributed by atoms with van der Waals surface area (Å²) in [6.07, 6.45) is 4.30. The molecule has 0 aliphatic carbocycles. The molecule has 0 spiro atoms. The van der Waals surface area contributed by atoms with E-state index in [2.05, 4.69) is 16.9 Å². The molecule has 2 heterocycles. The Kier molecular flexibility index (Phi) is 5.56. The first-order valence-corrected chi connectivity index (χ1v) is 9.20. The number of benzene rings is 1. The van der Waals surface area contributed by atoms with E-state index in [0.717, 1.165) is 28.8 Å². The van der Waals surface area contributed by atoms with E-state index in [1.165, 1.54) is 5.56 Å². The van der Waals surface area contributed by atoms with Gasteiger partial charge in [-0.05, 0) is 48.7 Å². The van der Waals surface area contributed by atoms with Gasteiger partial charge in [-0.2, -0.15) is 0 Å². The maximum atomic E-state index is 13.1. The Morgan fingerprint density at radius 2 is 2.08 bits per heavy atom. The fraction of sp³-hybridized carbons (Fsp3) is 0.250. The highest BCUT2D eigenvalue weighted by molar-refractivity contribution is 7.07. The fourth-order valence-electron chi connectivity index (χ4n) is 2.63. The van der Waals surface area contributed by atoms with E-state index in [9.17, 15) is 4.79 Å². The summed E-state index contributed by atoms with van der Waals surface area (Å²) in [6, 6.07) is 9.77. The summed E-state index contributed by atoms with van der Waals surface area (Å²) in [4.78, 5) is 23.4. The summed E-state index contributed by atoms with van der Waals surface area (Å²) in [5.41, 5.74) is 6.92. The SMILES string of the molecule is Cc1ccc(C(=O)N(CCc2cscn2)Cc2cccnc2)cc1C. The third-order valence-electron chi connectivity index (χ3n) is 4.26. The van der Waals surface area contributed by atoms with Crippen molar-refractivity contribution in [1.29, 1.82) is 0 Å². The van der Waals surface area contributed by atoms with E-state index in [0.29, 0.717) is 13.1 Å². The lowest BCUT2D eigenvalue weighted by atomic mass is 10.1. The first kappa shape index (κ1) is 17.3.